The molecule has 8 heteroatoms. The van der Waals surface area contributed by atoms with Crippen molar-refractivity contribution in [2.45, 2.75) is 50.0 Å². The fraction of sp³-hybridized carbons (Fsp3) is 0.286. The van der Waals surface area contributed by atoms with Crippen LogP contribution in [-0.2, 0) is 24.8 Å². The average molecular weight is 510 g/mol. The highest BCUT2D eigenvalue weighted by Crippen LogP contribution is 2.50. The summed E-state index contributed by atoms with van der Waals surface area (Å²) in [5.74, 6) is -1.67. The van der Waals surface area contributed by atoms with Crippen LogP contribution >= 0.6 is 0 Å². The highest BCUT2D eigenvalue weighted by Gasteiger charge is 2.55. The van der Waals surface area contributed by atoms with Crippen molar-refractivity contribution in [3.05, 3.63) is 95.3 Å². The van der Waals surface area contributed by atoms with Crippen molar-refractivity contribution < 1.29 is 27.1 Å². The molecule has 1 aliphatic heterocycles. The molecule has 4 rings (SSSR count). The summed E-state index contributed by atoms with van der Waals surface area (Å²) in [6, 6.07) is 18.7. The maximum absolute atomic E-state index is 14.6. The van der Waals surface area contributed by atoms with Crippen molar-refractivity contribution in [3.8, 4) is 0 Å². The molecular weight excluding hydrogens is 481 g/mol. The summed E-state index contributed by atoms with van der Waals surface area (Å²) in [6.45, 7) is 6.83. The topological polar surface area (TPSA) is 80.8 Å². The van der Waals surface area contributed by atoms with E-state index in [9.17, 15) is 22.4 Å². The van der Waals surface area contributed by atoms with Gasteiger partial charge in [-0.1, -0.05) is 42.5 Å². The molecule has 0 fully saturated rings. The van der Waals surface area contributed by atoms with E-state index in [1.54, 1.807) is 70.2 Å². The molecule has 0 unspecified atom stereocenters. The first-order chi connectivity index (χ1) is 16.9. The monoisotopic (exact) mass is 509 g/mol. The largest absolute Gasteiger partial charge is 0.443 e. The number of nitrogens with zero attached hydrogens (tertiary/aromatic N) is 1. The molecule has 1 atom stereocenters. The maximum atomic E-state index is 14.6. The normalized spacial score (nSPS) is 17.7. The van der Waals surface area contributed by atoms with Gasteiger partial charge in [0.2, 0.25) is 0 Å². The molecule has 0 saturated carbocycles. The fourth-order valence-electron chi connectivity index (χ4n) is 4.67. The van der Waals surface area contributed by atoms with Crippen LogP contribution in [-0.4, -0.2) is 31.8 Å². The van der Waals surface area contributed by atoms with Gasteiger partial charge in [-0.15, -0.1) is 0 Å². The van der Waals surface area contributed by atoms with E-state index in [0.717, 1.165) is 11.0 Å². The van der Waals surface area contributed by atoms with Crippen LogP contribution in [0.4, 0.5) is 14.9 Å². The minimum absolute atomic E-state index is 0.124. The number of sulfone groups is 1. The van der Waals surface area contributed by atoms with E-state index in [-0.39, 0.29) is 22.6 Å². The summed E-state index contributed by atoms with van der Waals surface area (Å²) in [5, 5.41) is 0. The molecule has 0 saturated heterocycles. The standard InChI is InChI=1S/C28H28FNO5S/c1-19-10-8-9-13-22(19)28(16-17-36(33,34)21-11-6-5-7-12-21)23-18-20(29)14-15-24(23)30(25(28)31)26(32)35-27(2,3)4/h5-15,18H,16-17H2,1-4H3/t28-/m1/s1. The minimum Gasteiger partial charge on any atom is -0.443 e. The summed E-state index contributed by atoms with van der Waals surface area (Å²) in [5.41, 5.74) is -0.865. The van der Waals surface area contributed by atoms with Crippen LogP contribution in [0, 0.1) is 12.7 Å². The second-order valence-electron chi connectivity index (χ2n) is 9.88. The van der Waals surface area contributed by atoms with Gasteiger partial charge in [0.25, 0.3) is 5.91 Å². The third-order valence-corrected chi connectivity index (χ3v) is 7.99. The fourth-order valence-corrected chi connectivity index (χ4v) is 6.05. The molecule has 36 heavy (non-hydrogen) atoms. The third kappa shape index (κ3) is 4.53. The average Bonchev–Trinajstić information content (AvgIpc) is 3.05. The van der Waals surface area contributed by atoms with E-state index in [0.29, 0.717) is 11.1 Å². The van der Waals surface area contributed by atoms with Crippen LogP contribution in [0.15, 0.2) is 77.7 Å². The summed E-state index contributed by atoms with van der Waals surface area (Å²) in [7, 11) is -3.79. The molecule has 0 radical (unpaired) electrons. The van der Waals surface area contributed by atoms with Gasteiger partial charge in [0.05, 0.1) is 16.3 Å². The quantitative estimate of drug-likeness (QED) is 0.450. The van der Waals surface area contributed by atoms with Crippen LogP contribution in [0.2, 0.25) is 0 Å². The van der Waals surface area contributed by atoms with Crippen molar-refractivity contribution in [1.29, 1.82) is 0 Å². The summed E-state index contributed by atoms with van der Waals surface area (Å²) in [6.07, 6.45) is -1.09. The van der Waals surface area contributed by atoms with Crippen LogP contribution in [0.1, 0.15) is 43.9 Å². The Hall–Kier alpha value is -3.52. The number of hydrogen-bond acceptors (Lipinski definition) is 5. The lowest BCUT2D eigenvalue weighted by molar-refractivity contribution is -0.121. The molecule has 3 aromatic rings. The Morgan fingerprint density at radius 1 is 0.972 bits per heavy atom. The van der Waals surface area contributed by atoms with Crippen molar-refractivity contribution in [2.75, 3.05) is 10.7 Å². The zero-order chi connectivity index (χ0) is 26.3. The Labute approximate surface area is 210 Å². The van der Waals surface area contributed by atoms with Gasteiger partial charge < -0.3 is 4.74 Å². The lowest BCUT2D eigenvalue weighted by Crippen LogP contribution is -2.46. The molecule has 188 valence electrons. The molecule has 3 aromatic carbocycles. The lowest BCUT2D eigenvalue weighted by atomic mass is 9.71. The number of hydrogen-bond donors (Lipinski definition) is 0. The first kappa shape index (κ1) is 25.6. The van der Waals surface area contributed by atoms with Gasteiger partial charge in [0, 0.05) is 0 Å². The number of aryl methyl sites for hydroxylation is 1. The lowest BCUT2D eigenvalue weighted by Gasteiger charge is -2.31. The molecular formula is C28H28FNO5S. The van der Waals surface area contributed by atoms with E-state index in [2.05, 4.69) is 0 Å². The van der Waals surface area contributed by atoms with Crippen LogP contribution < -0.4 is 4.90 Å². The molecule has 1 aliphatic rings. The van der Waals surface area contributed by atoms with E-state index in [4.69, 9.17) is 4.74 Å². The molecule has 2 amide bonds. The van der Waals surface area contributed by atoms with Crippen molar-refractivity contribution >= 4 is 27.5 Å². The zero-order valence-corrected chi connectivity index (χ0v) is 21.4. The molecule has 0 spiro atoms. The molecule has 6 nitrogen and oxygen atoms in total. The SMILES string of the molecule is Cc1ccccc1[C@@]1(CCS(=O)(=O)c2ccccc2)C(=O)N(C(=O)OC(C)(C)C)c2ccc(F)cc21. The predicted molar refractivity (Wildman–Crippen MR) is 135 cm³/mol. The number of benzene rings is 3. The smallest absolute Gasteiger partial charge is 0.421 e. The predicted octanol–water partition coefficient (Wildman–Crippen LogP) is 5.57. The van der Waals surface area contributed by atoms with Crippen molar-refractivity contribution in [2.24, 2.45) is 0 Å². The molecule has 0 bridgehead atoms. The Morgan fingerprint density at radius 3 is 2.25 bits per heavy atom. The van der Waals surface area contributed by atoms with Crippen LogP contribution in [0.25, 0.3) is 0 Å². The number of imide groups is 1. The van der Waals surface area contributed by atoms with E-state index < -0.39 is 44.4 Å². The number of fused-ring (bicyclic) bond motifs is 1. The number of anilines is 1. The zero-order valence-electron chi connectivity index (χ0n) is 20.6. The van der Waals surface area contributed by atoms with Gasteiger partial charge >= 0.3 is 6.09 Å². The molecule has 0 N–H and O–H groups in total. The second kappa shape index (κ2) is 9.17. The first-order valence-electron chi connectivity index (χ1n) is 11.6. The van der Waals surface area contributed by atoms with Gasteiger partial charge in [-0.3, -0.25) is 4.79 Å². The van der Waals surface area contributed by atoms with Gasteiger partial charge in [-0.05, 0) is 81.1 Å². The highest BCUT2D eigenvalue weighted by molar-refractivity contribution is 7.91. The minimum atomic E-state index is -3.79. The van der Waals surface area contributed by atoms with Gasteiger partial charge in [0.1, 0.15) is 16.8 Å². The van der Waals surface area contributed by atoms with E-state index in [1.165, 1.54) is 24.3 Å². The Kier molecular flexibility index (Phi) is 6.51. The number of amides is 2. The number of carbonyl (C=O) groups is 2. The summed E-state index contributed by atoms with van der Waals surface area (Å²) >= 11 is 0. The van der Waals surface area contributed by atoms with E-state index in [1.807, 2.05) is 0 Å². The second-order valence-corrected chi connectivity index (χ2v) is 12.0. The van der Waals surface area contributed by atoms with Crippen molar-refractivity contribution in [1.82, 2.24) is 0 Å². The number of ether oxygens (including phenoxy) is 1. The van der Waals surface area contributed by atoms with Gasteiger partial charge in [-0.2, -0.15) is 0 Å². The third-order valence-electron chi connectivity index (χ3n) is 6.26. The van der Waals surface area contributed by atoms with Gasteiger partial charge in [-0.25, -0.2) is 22.5 Å². The molecule has 1 heterocycles. The van der Waals surface area contributed by atoms with Crippen LogP contribution in [0.5, 0.6) is 0 Å². The number of rotatable bonds is 5. The maximum Gasteiger partial charge on any atom is 0.421 e. The number of carbonyl (C=O) groups excluding carboxylic acids is 2. The summed E-state index contributed by atoms with van der Waals surface area (Å²) < 4.78 is 46.6. The summed E-state index contributed by atoms with van der Waals surface area (Å²) in [4.78, 5) is 28.5. The Balaban J connectivity index is 1.91. The Bertz CT molecular complexity index is 1430. The van der Waals surface area contributed by atoms with Crippen LogP contribution in [0.3, 0.4) is 0 Å². The van der Waals surface area contributed by atoms with Crippen molar-refractivity contribution in [3.63, 3.8) is 0 Å². The Morgan fingerprint density at radius 2 is 1.61 bits per heavy atom. The first-order valence-corrected chi connectivity index (χ1v) is 13.2. The molecule has 0 aliphatic carbocycles. The molecule has 0 aromatic heterocycles. The van der Waals surface area contributed by atoms with E-state index >= 15 is 0 Å². The van der Waals surface area contributed by atoms with Gasteiger partial charge in [0.15, 0.2) is 9.84 Å². The highest BCUT2D eigenvalue weighted by atomic mass is 32.2. The number of halogens is 1.